The number of hydrogen-bond donors (Lipinski definition) is 0. The molecule has 1 aromatic carbocycles. The number of rotatable bonds is 5. The number of ketones is 1. The highest BCUT2D eigenvalue weighted by molar-refractivity contribution is 9.10. The van der Waals surface area contributed by atoms with Gasteiger partial charge in [-0.1, -0.05) is 11.6 Å². The normalized spacial score (nSPS) is 10.4. The Hall–Kier alpha value is -1.86. The molecular formula is C13H10BrClN2O4. The number of carbonyl (C=O) groups is 1. The van der Waals surface area contributed by atoms with Crippen LogP contribution in [-0.2, 0) is 7.05 Å². The SMILES string of the molecule is Cn1cccc1C(=O)COc1c(Br)cc(Cl)cc1[N+](=O)[O-]. The van der Waals surface area contributed by atoms with Crippen LogP contribution in [0.1, 0.15) is 10.5 Å². The molecule has 0 atom stereocenters. The summed E-state index contributed by atoms with van der Waals surface area (Å²) in [4.78, 5) is 22.4. The maximum Gasteiger partial charge on any atom is 0.313 e. The molecule has 8 heteroatoms. The van der Waals surface area contributed by atoms with Crippen LogP contribution in [0.5, 0.6) is 5.75 Å². The first kappa shape index (κ1) is 15.5. The van der Waals surface area contributed by atoms with Gasteiger partial charge in [-0.2, -0.15) is 0 Å². The third kappa shape index (κ3) is 3.43. The molecule has 21 heavy (non-hydrogen) atoms. The second-order valence-corrected chi connectivity index (χ2v) is 5.50. The van der Waals surface area contributed by atoms with Crippen LogP contribution in [0.2, 0.25) is 5.02 Å². The van der Waals surface area contributed by atoms with Crippen LogP contribution < -0.4 is 4.74 Å². The smallest absolute Gasteiger partial charge is 0.313 e. The summed E-state index contributed by atoms with van der Waals surface area (Å²) in [6.07, 6.45) is 1.73. The fraction of sp³-hybridized carbons (Fsp3) is 0.154. The van der Waals surface area contributed by atoms with Crippen molar-refractivity contribution in [2.45, 2.75) is 0 Å². The second kappa shape index (κ2) is 6.28. The van der Waals surface area contributed by atoms with Gasteiger partial charge in [0.2, 0.25) is 11.5 Å². The van der Waals surface area contributed by atoms with Crippen molar-refractivity contribution in [1.82, 2.24) is 4.57 Å². The number of hydrogen-bond acceptors (Lipinski definition) is 4. The van der Waals surface area contributed by atoms with E-state index < -0.39 is 4.92 Å². The highest BCUT2D eigenvalue weighted by Gasteiger charge is 2.21. The summed E-state index contributed by atoms with van der Waals surface area (Å²) in [5.74, 6) is -0.300. The van der Waals surface area contributed by atoms with Crippen molar-refractivity contribution in [3.63, 3.8) is 0 Å². The zero-order valence-electron chi connectivity index (χ0n) is 10.9. The first-order chi connectivity index (χ1) is 9.90. The van der Waals surface area contributed by atoms with Crippen LogP contribution >= 0.6 is 27.5 Å². The van der Waals surface area contributed by atoms with Gasteiger partial charge in [-0.25, -0.2) is 0 Å². The van der Waals surface area contributed by atoms with Crippen molar-refractivity contribution in [1.29, 1.82) is 0 Å². The molecule has 6 nitrogen and oxygen atoms in total. The molecule has 0 aliphatic carbocycles. The molecule has 2 rings (SSSR count). The molecule has 0 saturated carbocycles. The zero-order valence-corrected chi connectivity index (χ0v) is 13.2. The molecule has 0 amide bonds. The Morgan fingerprint density at radius 1 is 1.52 bits per heavy atom. The lowest BCUT2D eigenvalue weighted by Crippen LogP contribution is -2.15. The Morgan fingerprint density at radius 3 is 2.81 bits per heavy atom. The molecule has 2 aromatic rings. The van der Waals surface area contributed by atoms with E-state index in [0.29, 0.717) is 10.2 Å². The molecule has 0 unspecified atom stereocenters. The lowest BCUT2D eigenvalue weighted by molar-refractivity contribution is -0.385. The number of nitro groups is 1. The molecule has 1 heterocycles. The Labute approximate surface area is 133 Å². The van der Waals surface area contributed by atoms with Crippen molar-refractivity contribution < 1.29 is 14.5 Å². The van der Waals surface area contributed by atoms with Gasteiger partial charge in [-0.3, -0.25) is 14.9 Å². The van der Waals surface area contributed by atoms with E-state index in [-0.39, 0.29) is 28.8 Å². The van der Waals surface area contributed by atoms with E-state index in [4.69, 9.17) is 16.3 Å². The van der Waals surface area contributed by atoms with Gasteiger partial charge < -0.3 is 9.30 Å². The first-order valence-corrected chi connectivity index (χ1v) is 6.98. The average Bonchev–Trinajstić information content (AvgIpc) is 2.82. The highest BCUT2D eigenvalue weighted by Crippen LogP contribution is 2.37. The number of nitrogens with zero attached hydrogens (tertiary/aromatic N) is 2. The van der Waals surface area contributed by atoms with Crippen molar-refractivity contribution in [3.05, 3.63) is 55.8 Å². The van der Waals surface area contributed by atoms with Gasteiger partial charge in [-0.05, 0) is 34.1 Å². The van der Waals surface area contributed by atoms with E-state index in [0.717, 1.165) is 0 Å². The predicted molar refractivity (Wildman–Crippen MR) is 81.0 cm³/mol. The number of aryl methyl sites for hydroxylation is 1. The van der Waals surface area contributed by atoms with Crippen LogP contribution in [0, 0.1) is 10.1 Å². The van der Waals surface area contributed by atoms with Crippen LogP contribution in [-0.4, -0.2) is 21.9 Å². The molecule has 0 aliphatic rings. The fourth-order valence-corrected chi connectivity index (χ4v) is 2.70. The zero-order chi connectivity index (χ0) is 15.6. The van der Waals surface area contributed by atoms with Crippen LogP contribution in [0.15, 0.2) is 34.9 Å². The quantitative estimate of drug-likeness (QED) is 0.456. The van der Waals surface area contributed by atoms with E-state index in [2.05, 4.69) is 15.9 Å². The third-order valence-electron chi connectivity index (χ3n) is 2.76. The van der Waals surface area contributed by atoms with Crippen LogP contribution in [0.3, 0.4) is 0 Å². The maximum absolute atomic E-state index is 12.0. The molecule has 0 aliphatic heterocycles. The first-order valence-electron chi connectivity index (χ1n) is 5.81. The topological polar surface area (TPSA) is 74.4 Å². The van der Waals surface area contributed by atoms with Gasteiger partial charge >= 0.3 is 5.69 Å². The van der Waals surface area contributed by atoms with E-state index in [1.54, 1.807) is 29.9 Å². The minimum absolute atomic E-state index is 0.0213. The number of aromatic nitrogens is 1. The number of carbonyl (C=O) groups excluding carboxylic acids is 1. The largest absolute Gasteiger partial charge is 0.478 e. The van der Waals surface area contributed by atoms with E-state index in [1.165, 1.54) is 12.1 Å². The minimum atomic E-state index is -0.612. The summed E-state index contributed by atoms with van der Waals surface area (Å²) >= 11 is 8.92. The lowest BCUT2D eigenvalue weighted by atomic mass is 10.3. The summed E-state index contributed by atoms with van der Waals surface area (Å²) in [5.41, 5.74) is 0.164. The number of nitro benzene ring substituents is 1. The third-order valence-corrected chi connectivity index (χ3v) is 3.57. The van der Waals surface area contributed by atoms with Gasteiger partial charge in [-0.15, -0.1) is 0 Å². The summed E-state index contributed by atoms with van der Waals surface area (Å²) in [6.45, 7) is -0.307. The van der Waals surface area contributed by atoms with Gasteiger partial charge in [0, 0.05) is 24.3 Å². The Morgan fingerprint density at radius 2 is 2.24 bits per heavy atom. The fourth-order valence-electron chi connectivity index (χ4n) is 1.79. The molecule has 0 fully saturated rings. The standard InChI is InChI=1S/C13H10BrClN2O4/c1-16-4-2-3-10(16)12(18)7-21-13-9(14)5-8(15)6-11(13)17(19)20/h2-6H,7H2,1H3. The van der Waals surface area contributed by atoms with E-state index >= 15 is 0 Å². The molecule has 110 valence electrons. The van der Waals surface area contributed by atoms with Crippen molar-refractivity contribution in [3.8, 4) is 5.75 Å². The van der Waals surface area contributed by atoms with Crippen molar-refractivity contribution in [2.24, 2.45) is 7.05 Å². The number of Topliss-reactive ketones (excluding diaryl/α,β-unsaturated/α-hetero) is 1. The number of benzene rings is 1. The summed E-state index contributed by atoms with van der Waals surface area (Å²) in [7, 11) is 1.73. The summed E-state index contributed by atoms with van der Waals surface area (Å²) < 4.78 is 7.29. The molecule has 1 aromatic heterocycles. The molecule has 0 radical (unpaired) electrons. The van der Waals surface area contributed by atoms with Crippen LogP contribution in [0.25, 0.3) is 0 Å². The Bertz CT molecular complexity index is 714. The number of halogens is 2. The Balaban J connectivity index is 2.22. The molecule has 0 bridgehead atoms. The van der Waals surface area contributed by atoms with Gasteiger partial charge in [0.15, 0.2) is 6.61 Å². The predicted octanol–water partition coefficient (Wildman–Crippen LogP) is 3.61. The minimum Gasteiger partial charge on any atom is -0.478 e. The van der Waals surface area contributed by atoms with E-state index in [9.17, 15) is 14.9 Å². The lowest BCUT2D eigenvalue weighted by Gasteiger charge is -2.09. The maximum atomic E-state index is 12.0. The number of ether oxygens (including phenoxy) is 1. The van der Waals surface area contributed by atoms with Crippen molar-refractivity contribution in [2.75, 3.05) is 6.61 Å². The van der Waals surface area contributed by atoms with Crippen LogP contribution in [0.4, 0.5) is 5.69 Å². The summed E-state index contributed by atoms with van der Waals surface area (Å²) in [5, 5.41) is 11.2. The van der Waals surface area contributed by atoms with Crippen molar-refractivity contribution >= 4 is 39.0 Å². The second-order valence-electron chi connectivity index (χ2n) is 4.21. The molecule has 0 N–H and O–H groups in total. The monoisotopic (exact) mass is 372 g/mol. The Kier molecular flexibility index (Phi) is 4.64. The molecule has 0 saturated heterocycles. The van der Waals surface area contributed by atoms with Gasteiger partial charge in [0.1, 0.15) is 0 Å². The molecular weight excluding hydrogens is 364 g/mol. The molecule has 0 spiro atoms. The average molecular weight is 374 g/mol. The highest BCUT2D eigenvalue weighted by atomic mass is 79.9. The van der Waals surface area contributed by atoms with E-state index in [1.807, 2.05) is 0 Å². The van der Waals surface area contributed by atoms with Gasteiger partial charge in [0.25, 0.3) is 0 Å². The van der Waals surface area contributed by atoms with Gasteiger partial charge in [0.05, 0.1) is 15.1 Å². The summed E-state index contributed by atoms with van der Waals surface area (Å²) in [6, 6.07) is 6.02.